The third-order valence-electron chi connectivity index (χ3n) is 3.29. The average molecular weight is 387 g/mol. The molecule has 2 amide bonds. The Hall–Kier alpha value is -1.73. The first-order valence-corrected chi connectivity index (χ1v) is 9.47. The number of benzene rings is 1. The summed E-state index contributed by atoms with van der Waals surface area (Å²) in [6, 6.07) is 5.23. The summed E-state index contributed by atoms with van der Waals surface area (Å²) in [6.45, 7) is 6.05. The summed E-state index contributed by atoms with van der Waals surface area (Å²) < 4.78 is 4.80. The highest BCUT2D eigenvalue weighted by atomic mass is 35.5. The van der Waals surface area contributed by atoms with Crippen LogP contribution in [0.2, 0.25) is 5.02 Å². The molecule has 8 heteroatoms. The number of nitrogens with one attached hydrogen (secondary N) is 1. The van der Waals surface area contributed by atoms with Gasteiger partial charge in [0.05, 0.1) is 24.7 Å². The lowest BCUT2D eigenvalue weighted by Gasteiger charge is -2.20. The van der Waals surface area contributed by atoms with Crippen molar-refractivity contribution in [2.45, 2.75) is 20.8 Å². The largest absolute Gasteiger partial charge is 0.465 e. The van der Waals surface area contributed by atoms with Crippen molar-refractivity contribution in [1.82, 2.24) is 4.90 Å². The maximum absolute atomic E-state index is 12.2. The van der Waals surface area contributed by atoms with Crippen LogP contribution < -0.4 is 5.32 Å². The molecule has 1 aromatic carbocycles. The van der Waals surface area contributed by atoms with Crippen LogP contribution in [0.1, 0.15) is 19.4 Å². The molecule has 1 rings (SSSR count). The molecule has 0 fully saturated rings. The number of amides is 2. The molecule has 0 spiro atoms. The van der Waals surface area contributed by atoms with Gasteiger partial charge in [0, 0.05) is 17.3 Å². The predicted octanol–water partition coefficient (Wildman–Crippen LogP) is 2.73. The number of aryl methyl sites for hydroxylation is 1. The summed E-state index contributed by atoms with van der Waals surface area (Å²) >= 11 is 7.11. The first-order chi connectivity index (χ1) is 11.9. The Morgan fingerprint density at radius 2 is 1.96 bits per heavy atom. The zero-order valence-electron chi connectivity index (χ0n) is 14.6. The van der Waals surface area contributed by atoms with Crippen molar-refractivity contribution in [3.8, 4) is 0 Å². The van der Waals surface area contributed by atoms with E-state index in [9.17, 15) is 14.4 Å². The van der Waals surface area contributed by atoms with Gasteiger partial charge in [0.2, 0.25) is 11.8 Å². The maximum Gasteiger partial charge on any atom is 0.315 e. The first-order valence-electron chi connectivity index (χ1n) is 7.94. The predicted molar refractivity (Wildman–Crippen MR) is 101 cm³/mol. The molecule has 0 saturated heterocycles. The molecule has 0 atom stereocenters. The number of hydrogen-bond acceptors (Lipinski definition) is 5. The van der Waals surface area contributed by atoms with Crippen LogP contribution in [0.25, 0.3) is 0 Å². The fourth-order valence-corrected chi connectivity index (χ4v) is 2.87. The van der Waals surface area contributed by atoms with Gasteiger partial charge in [0.15, 0.2) is 0 Å². The number of rotatable bonds is 9. The monoisotopic (exact) mass is 386 g/mol. The van der Waals surface area contributed by atoms with E-state index in [0.29, 0.717) is 23.9 Å². The standard InChI is InChI=1S/C17H23ClN2O4S/c1-4-20(16(22)10-25-11-17(23)24-5-2)9-15(21)19-14-8-13(18)7-6-12(14)3/h6-8H,4-5,9-11H2,1-3H3,(H,19,21). The van der Waals surface area contributed by atoms with E-state index in [1.165, 1.54) is 16.7 Å². The van der Waals surface area contributed by atoms with Crippen LogP contribution in [0, 0.1) is 6.92 Å². The molecule has 0 radical (unpaired) electrons. The SMILES string of the molecule is CCOC(=O)CSCC(=O)N(CC)CC(=O)Nc1cc(Cl)ccc1C. The number of halogens is 1. The number of carbonyl (C=O) groups excluding carboxylic acids is 3. The zero-order chi connectivity index (χ0) is 18.8. The Kier molecular flexibility index (Phi) is 9.37. The number of ether oxygens (including phenoxy) is 1. The second-order valence-electron chi connectivity index (χ2n) is 5.21. The Morgan fingerprint density at radius 3 is 2.60 bits per heavy atom. The van der Waals surface area contributed by atoms with E-state index in [4.69, 9.17) is 16.3 Å². The van der Waals surface area contributed by atoms with Gasteiger partial charge in [-0.3, -0.25) is 14.4 Å². The normalized spacial score (nSPS) is 10.2. The molecule has 6 nitrogen and oxygen atoms in total. The number of hydrogen-bond donors (Lipinski definition) is 1. The van der Waals surface area contributed by atoms with Crippen LogP contribution >= 0.6 is 23.4 Å². The third-order valence-corrected chi connectivity index (χ3v) is 4.42. The Morgan fingerprint density at radius 1 is 1.24 bits per heavy atom. The molecule has 0 aromatic heterocycles. The van der Waals surface area contributed by atoms with Crippen molar-refractivity contribution < 1.29 is 19.1 Å². The van der Waals surface area contributed by atoms with Gasteiger partial charge in [0.25, 0.3) is 0 Å². The highest BCUT2D eigenvalue weighted by Crippen LogP contribution is 2.20. The minimum Gasteiger partial charge on any atom is -0.465 e. The number of likely N-dealkylation sites (N-methyl/N-ethyl adjacent to an activating group) is 1. The first kappa shape index (κ1) is 21.3. The Balaban J connectivity index is 2.50. The molecule has 138 valence electrons. The molecule has 1 aromatic rings. The molecule has 0 aliphatic rings. The second-order valence-corrected chi connectivity index (χ2v) is 6.64. The molecule has 0 aliphatic carbocycles. The fourth-order valence-electron chi connectivity index (χ4n) is 1.98. The lowest BCUT2D eigenvalue weighted by Crippen LogP contribution is -2.39. The number of esters is 1. The van der Waals surface area contributed by atoms with Gasteiger partial charge in [-0.2, -0.15) is 0 Å². The summed E-state index contributed by atoms with van der Waals surface area (Å²) in [5.41, 5.74) is 1.51. The molecule has 0 aliphatic heterocycles. The van der Waals surface area contributed by atoms with Gasteiger partial charge in [-0.1, -0.05) is 17.7 Å². The van der Waals surface area contributed by atoms with Crippen LogP contribution in [-0.4, -0.2) is 53.9 Å². The number of anilines is 1. The molecule has 1 N–H and O–H groups in total. The fraction of sp³-hybridized carbons (Fsp3) is 0.471. The van der Waals surface area contributed by atoms with Crippen LogP contribution in [-0.2, 0) is 19.1 Å². The van der Waals surface area contributed by atoms with E-state index >= 15 is 0 Å². The van der Waals surface area contributed by atoms with Crippen molar-refractivity contribution in [3.05, 3.63) is 28.8 Å². The van der Waals surface area contributed by atoms with Gasteiger partial charge in [-0.25, -0.2) is 0 Å². The van der Waals surface area contributed by atoms with Crippen molar-refractivity contribution in [3.63, 3.8) is 0 Å². The Labute approximate surface area is 157 Å². The summed E-state index contributed by atoms with van der Waals surface area (Å²) in [4.78, 5) is 37.1. The summed E-state index contributed by atoms with van der Waals surface area (Å²) in [5, 5.41) is 3.29. The van der Waals surface area contributed by atoms with E-state index < -0.39 is 0 Å². The van der Waals surface area contributed by atoms with Crippen molar-refractivity contribution in [1.29, 1.82) is 0 Å². The number of nitrogens with zero attached hydrogens (tertiary/aromatic N) is 1. The quantitative estimate of drug-likeness (QED) is 0.660. The smallest absolute Gasteiger partial charge is 0.315 e. The van der Waals surface area contributed by atoms with E-state index in [1.807, 2.05) is 13.0 Å². The van der Waals surface area contributed by atoms with Gasteiger partial charge < -0.3 is 15.0 Å². The molecular formula is C17H23ClN2O4S. The lowest BCUT2D eigenvalue weighted by atomic mass is 10.2. The van der Waals surface area contributed by atoms with E-state index in [-0.39, 0.29) is 35.8 Å². The second kappa shape index (κ2) is 11.0. The van der Waals surface area contributed by atoms with Gasteiger partial charge in [0.1, 0.15) is 0 Å². The van der Waals surface area contributed by atoms with Crippen molar-refractivity contribution in [2.24, 2.45) is 0 Å². The van der Waals surface area contributed by atoms with Crippen molar-refractivity contribution >= 4 is 46.8 Å². The maximum atomic E-state index is 12.2. The third kappa shape index (κ3) is 7.79. The minimum atomic E-state index is -0.350. The van der Waals surface area contributed by atoms with Crippen molar-refractivity contribution in [2.75, 3.05) is 36.5 Å². The summed E-state index contributed by atoms with van der Waals surface area (Å²) in [6.07, 6.45) is 0. The molecule has 0 heterocycles. The van der Waals surface area contributed by atoms with Crippen LogP contribution in [0.4, 0.5) is 5.69 Å². The highest BCUT2D eigenvalue weighted by Gasteiger charge is 2.17. The lowest BCUT2D eigenvalue weighted by molar-refractivity contribution is -0.139. The van der Waals surface area contributed by atoms with Gasteiger partial charge >= 0.3 is 5.97 Å². The molecule has 0 unspecified atom stereocenters. The minimum absolute atomic E-state index is 0.0543. The topological polar surface area (TPSA) is 75.7 Å². The highest BCUT2D eigenvalue weighted by molar-refractivity contribution is 8.00. The van der Waals surface area contributed by atoms with E-state index in [2.05, 4.69) is 5.32 Å². The van der Waals surface area contributed by atoms with Gasteiger partial charge in [-0.15, -0.1) is 11.8 Å². The van der Waals surface area contributed by atoms with E-state index in [0.717, 1.165) is 5.56 Å². The van der Waals surface area contributed by atoms with Gasteiger partial charge in [-0.05, 0) is 38.5 Å². The summed E-state index contributed by atoms with van der Waals surface area (Å²) in [7, 11) is 0. The zero-order valence-corrected chi connectivity index (χ0v) is 16.2. The molecule has 0 bridgehead atoms. The van der Waals surface area contributed by atoms with Crippen LogP contribution in [0.5, 0.6) is 0 Å². The van der Waals surface area contributed by atoms with Crippen LogP contribution in [0.3, 0.4) is 0 Å². The summed E-state index contributed by atoms with van der Waals surface area (Å²) in [5.74, 6) is -0.607. The molecular weight excluding hydrogens is 364 g/mol. The number of thioether (sulfide) groups is 1. The average Bonchev–Trinajstić information content (AvgIpc) is 2.56. The number of carbonyl (C=O) groups is 3. The van der Waals surface area contributed by atoms with Crippen LogP contribution in [0.15, 0.2) is 18.2 Å². The Bertz CT molecular complexity index is 625. The molecule has 25 heavy (non-hydrogen) atoms. The van der Waals surface area contributed by atoms with E-state index in [1.54, 1.807) is 26.0 Å². The molecule has 0 saturated carbocycles.